The van der Waals surface area contributed by atoms with Crippen molar-refractivity contribution in [3.8, 4) is 0 Å². The van der Waals surface area contributed by atoms with Gasteiger partial charge in [-0.05, 0) is 131 Å². The molecule has 0 spiro atoms. The van der Waals surface area contributed by atoms with Crippen LogP contribution in [0.2, 0.25) is 0 Å². The van der Waals surface area contributed by atoms with E-state index >= 15 is 0 Å². The summed E-state index contributed by atoms with van der Waals surface area (Å²) in [6, 6.07) is 0. The summed E-state index contributed by atoms with van der Waals surface area (Å²) < 4.78 is 6.88. The lowest BCUT2D eigenvalue weighted by Crippen LogP contribution is -2.51. The summed E-state index contributed by atoms with van der Waals surface area (Å²) in [6.07, 6.45) is 29.3. The molecule has 0 aromatic heterocycles. The first-order valence-electron chi connectivity index (χ1n) is 16.0. The van der Waals surface area contributed by atoms with Gasteiger partial charge in [0.2, 0.25) is 0 Å². The minimum atomic E-state index is 0.372. The van der Waals surface area contributed by atoms with E-state index in [4.69, 9.17) is 4.74 Å². The highest BCUT2D eigenvalue weighted by atomic mass is 16.5. The fourth-order valence-corrected chi connectivity index (χ4v) is 10.4. The predicted molar refractivity (Wildman–Crippen MR) is 145 cm³/mol. The number of ether oxygens (including phenoxy) is 1. The van der Waals surface area contributed by atoms with Crippen LogP contribution in [0.4, 0.5) is 0 Å². The Morgan fingerprint density at radius 2 is 1.50 bits per heavy atom. The second-order valence-corrected chi connectivity index (χ2v) is 15.0. The highest BCUT2D eigenvalue weighted by Gasteiger charge is 2.53. The average Bonchev–Trinajstić information content (AvgIpc) is 3.50. The van der Waals surface area contributed by atoms with E-state index in [0.29, 0.717) is 23.0 Å². The largest absolute Gasteiger partial charge is 0.375 e. The smallest absolute Gasteiger partial charge is 0.0642 e. The zero-order chi connectivity index (χ0) is 23.8. The van der Waals surface area contributed by atoms with Crippen molar-refractivity contribution in [1.29, 1.82) is 0 Å². The molecule has 5 saturated carbocycles. The monoisotopic (exact) mass is 470 g/mol. The number of hydrogen-bond donors (Lipinski definition) is 0. The molecule has 0 aliphatic heterocycles. The van der Waals surface area contributed by atoms with Crippen LogP contribution >= 0.6 is 0 Å². The molecule has 0 amide bonds. The molecule has 0 saturated heterocycles. The quantitative estimate of drug-likeness (QED) is 0.326. The van der Waals surface area contributed by atoms with Gasteiger partial charge in [0.1, 0.15) is 0 Å². The Bertz CT molecular complexity index is 637. The minimum Gasteiger partial charge on any atom is -0.375 e. The predicted octanol–water partition coefficient (Wildman–Crippen LogP) is 9.97. The van der Waals surface area contributed by atoms with Crippen LogP contribution < -0.4 is 0 Å². The van der Waals surface area contributed by atoms with E-state index in [0.717, 1.165) is 35.5 Å². The Kier molecular flexibility index (Phi) is 8.10. The van der Waals surface area contributed by atoms with E-state index in [2.05, 4.69) is 27.7 Å². The molecule has 0 bridgehead atoms. The first kappa shape index (κ1) is 25.6. The third-order valence-electron chi connectivity index (χ3n) is 12.2. The Balaban J connectivity index is 1.19. The standard InChI is InChI=1S/C33H58O/c1-24(2)34-31(33(17-9-18-33)29-12-7-8-13-29)23-32(4)19-16-30(25(3)22-32)28-15-14-27(21-28)20-26-10-5-6-11-26/h24-31H,5-23H2,1-4H3. The molecule has 5 aliphatic rings. The second-order valence-electron chi connectivity index (χ2n) is 15.0. The van der Waals surface area contributed by atoms with Crippen LogP contribution in [0.1, 0.15) is 150 Å². The average molecular weight is 471 g/mol. The van der Waals surface area contributed by atoms with Crippen LogP contribution in [-0.4, -0.2) is 12.2 Å². The SMILES string of the molecule is CC(C)OC(CC1(C)CCC(C2CCC(CC3CCCC3)C2)C(C)C1)C1(C2CCCC2)CCC1. The molecule has 34 heavy (non-hydrogen) atoms. The molecular formula is C33H58O. The van der Waals surface area contributed by atoms with Gasteiger partial charge in [-0.3, -0.25) is 0 Å². The summed E-state index contributed by atoms with van der Waals surface area (Å²) in [6.45, 7) is 9.88. The van der Waals surface area contributed by atoms with Crippen molar-refractivity contribution >= 4 is 0 Å². The molecule has 0 heterocycles. The van der Waals surface area contributed by atoms with E-state index in [1.807, 2.05) is 0 Å². The minimum absolute atomic E-state index is 0.372. The van der Waals surface area contributed by atoms with Gasteiger partial charge in [0.25, 0.3) is 0 Å². The molecule has 0 aromatic carbocycles. The summed E-state index contributed by atoms with van der Waals surface area (Å²) in [5.41, 5.74) is 1.03. The van der Waals surface area contributed by atoms with Gasteiger partial charge >= 0.3 is 0 Å². The molecule has 0 aromatic rings. The van der Waals surface area contributed by atoms with Crippen LogP contribution in [0.25, 0.3) is 0 Å². The van der Waals surface area contributed by atoms with Crippen molar-refractivity contribution in [2.45, 2.75) is 162 Å². The summed E-state index contributed by atoms with van der Waals surface area (Å²) >= 11 is 0. The van der Waals surface area contributed by atoms with Gasteiger partial charge in [-0.2, -0.15) is 0 Å². The van der Waals surface area contributed by atoms with Crippen LogP contribution in [-0.2, 0) is 4.74 Å². The zero-order valence-electron chi connectivity index (χ0n) is 23.5. The lowest BCUT2D eigenvalue weighted by molar-refractivity contribution is -0.153. The van der Waals surface area contributed by atoms with Gasteiger partial charge < -0.3 is 4.74 Å². The molecule has 0 radical (unpaired) electrons. The maximum atomic E-state index is 6.88. The van der Waals surface area contributed by atoms with Gasteiger partial charge in [0, 0.05) is 0 Å². The van der Waals surface area contributed by atoms with Gasteiger partial charge in [0.05, 0.1) is 12.2 Å². The zero-order valence-corrected chi connectivity index (χ0v) is 23.5. The molecule has 1 nitrogen and oxygen atoms in total. The fourth-order valence-electron chi connectivity index (χ4n) is 10.4. The Morgan fingerprint density at radius 3 is 2.12 bits per heavy atom. The normalized spacial score (nSPS) is 40.1. The summed E-state index contributed by atoms with van der Waals surface area (Å²) in [7, 11) is 0. The molecule has 6 atom stereocenters. The van der Waals surface area contributed by atoms with Gasteiger partial charge in [-0.1, -0.05) is 65.2 Å². The molecule has 5 aliphatic carbocycles. The molecule has 5 fully saturated rings. The van der Waals surface area contributed by atoms with E-state index in [-0.39, 0.29) is 0 Å². The molecule has 0 N–H and O–H groups in total. The van der Waals surface area contributed by atoms with Crippen LogP contribution in [0, 0.1) is 46.3 Å². The van der Waals surface area contributed by atoms with Crippen molar-refractivity contribution < 1.29 is 4.74 Å². The van der Waals surface area contributed by atoms with E-state index in [9.17, 15) is 0 Å². The highest BCUT2D eigenvalue weighted by Crippen LogP contribution is 2.60. The summed E-state index contributed by atoms with van der Waals surface area (Å²) in [5, 5.41) is 0. The maximum Gasteiger partial charge on any atom is 0.0642 e. The first-order chi connectivity index (χ1) is 16.4. The molecule has 6 unspecified atom stereocenters. The number of hydrogen-bond acceptors (Lipinski definition) is 1. The van der Waals surface area contributed by atoms with Crippen LogP contribution in [0.5, 0.6) is 0 Å². The third kappa shape index (κ3) is 5.45. The van der Waals surface area contributed by atoms with Crippen LogP contribution in [0.15, 0.2) is 0 Å². The van der Waals surface area contributed by atoms with Crippen molar-refractivity contribution in [3.05, 3.63) is 0 Å². The first-order valence-corrected chi connectivity index (χ1v) is 16.0. The highest BCUT2D eigenvalue weighted by molar-refractivity contribution is 5.03. The van der Waals surface area contributed by atoms with Crippen molar-refractivity contribution in [2.75, 3.05) is 0 Å². The lowest BCUT2D eigenvalue weighted by atomic mass is 9.53. The Labute approximate surface area is 213 Å². The molecular weight excluding hydrogens is 412 g/mol. The topological polar surface area (TPSA) is 9.23 Å². The Morgan fingerprint density at radius 1 is 0.794 bits per heavy atom. The van der Waals surface area contributed by atoms with Gasteiger partial charge in [-0.15, -0.1) is 0 Å². The summed E-state index contributed by atoms with van der Waals surface area (Å²) in [5.74, 6) is 6.09. The summed E-state index contributed by atoms with van der Waals surface area (Å²) in [4.78, 5) is 0. The Hall–Kier alpha value is -0.0400. The fraction of sp³-hybridized carbons (Fsp3) is 1.00. The van der Waals surface area contributed by atoms with E-state index < -0.39 is 0 Å². The maximum absolute atomic E-state index is 6.88. The van der Waals surface area contributed by atoms with Crippen molar-refractivity contribution in [2.24, 2.45) is 46.3 Å². The van der Waals surface area contributed by atoms with Gasteiger partial charge in [0.15, 0.2) is 0 Å². The molecule has 5 rings (SSSR count). The second kappa shape index (κ2) is 10.8. The molecule has 1 heteroatoms. The third-order valence-corrected chi connectivity index (χ3v) is 12.2. The van der Waals surface area contributed by atoms with Crippen molar-refractivity contribution in [3.63, 3.8) is 0 Å². The van der Waals surface area contributed by atoms with E-state index in [1.54, 1.807) is 38.5 Å². The van der Waals surface area contributed by atoms with Gasteiger partial charge in [-0.25, -0.2) is 0 Å². The number of rotatable bonds is 9. The molecule has 196 valence electrons. The lowest BCUT2D eigenvalue weighted by Gasteiger charge is -2.55. The van der Waals surface area contributed by atoms with Crippen LogP contribution in [0.3, 0.4) is 0 Å². The van der Waals surface area contributed by atoms with Crippen molar-refractivity contribution in [1.82, 2.24) is 0 Å². The van der Waals surface area contributed by atoms with E-state index in [1.165, 1.54) is 83.5 Å².